The Bertz CT molecular complexity index is 790. The maximum absolute atomic E-state index is 12.8. The summed E-state index contributed by atoms with van der Waals surface area (Å²) in [4.78, 5) is 4.24. The van der Waals surface area contributed by atoms with E-state index in [2.05, 4.69) is 4.98 Å². The summed E-state index contributed by atoms with van der Waals surface area (Å²) in [6.45, 7) is 0.277. The lowest BCUT2D eigenvalue weighted by molar-refractivity contribution is -0.137. The Kier molecular flexibility index (Phi) is 3.17. The lowest BCUT2D eigenvalue weighted by Gasteiger charge is -2.10. The number of benzene rings is 1. The number of pyridine rings is 1. The van der Waals surface area contributed by atoms with E-state index in [1.165, 1.54) is 6.07 Å². The Morgan fingerprint density at radius 3 is 2.57 bits per heavy atom. The molecule has 0 fully saturated rings. The number of nitrogens with zero attached hydrogens (tertiary/aromatic N) is 2. The molecule has 21 heavy (non-hydrogen) atoms. The van der Waals surface area contributed by atoms with Crippen LogP contribution in [0.3, 0.4) is 0 Å². The second kappa shape index (κ2) is 4.89. The summed E-state index contributed by atoms with van der Waals surface area (Å²) >= 11 is 0. The van der Waals surface area contributed by atoms with E-state index >= 15 is 0 Å². The fourth-order valence-electron chi connectivity index (χ4n) is 2.31. The van der Waals surface area contributed by atoms with Crippen molar-refractivity contribution in [2.75, 3.05) is 0 Å². The van der Waals surface area contributed by atoms with Gasteiger partial charge in [-0.1, -0.05) is 18.2 Å². The fraction of sp³-hybridized carbons (Fsp3) is 0.133. The van der Waals surface area contributed by atoms with Gasteiger partial charge in [-0.15, -0.1) is 0 Å². The van der Waals surface area contributed by atoms with Crippen molar-refractivity contribution in [1.29, 1.82) is 0 Å². The van der Waals surface area contributed by atoms with Gasteiger partial charge < -0.3 is 5.73 Å². The molecule has 0 bridgehead atoms. The third kappa shape index (κ3) is 2.38. The normalized spacial score (nSPS) is 12.0. The van der Waals surface area contributed by atoms with Gasteiger partial charge in [0, 0.05) is 17.8 Å². The fourth-order valence-corrected chi connectivity index (χ4v) is 2.31. The van der Waals surface area contributed by atoms with Crippen molar-refractivity contribution in [3.8, 4) is 11.4 Å². The molecular weight excluding hydrogens is 279 g/mol. The van der Waals surface area contributed by atoms with Gasteiger partial charge in [-0.05, 0) is 24.3 Å². The van der Waals surface area contributed by atoms with Crippen LogP contribution < -0.4 is 5.73 Å². The van der Waals surface area contributed by atoms with Crippen LogP contribution >= 0.6 is 0 Å². The van der Waals surface area contributed by atoms with Crippen molar-refractivity contribution in [3.05, 3.63) is 59.9 Å². The molecule has 2 N–H and O–H groups in total. The van der Waals surface area contributed by atoms with Crippen LogP contribution in [0.25, 0.3) is 16.9 Å². The molecule has 0 saturated carbocycles. The zero-order valence-electron chi connectivity index (χ0n) is 10.9. The maximum atomic E-state index is 12.8. The SMILES string of the molecule is NCc1cccc2cnc(-c3cccc(C(F)(F)F)c3)n12. The van der Waals surface area contributed by atoms with Crippen LogP contribution in [0.2, 0.25) is 0 Å². The summed E-state index contributed by atoms with van der Waals surface area (Å²) in [5.74, 6) is 0.456. The van der Waals surface area contributed by atoms with Crippen molar-refractivity contribution in [2.45, 2.75) is 12.7 Å². The quantitative estimate of drug-likeness (QED) is 0.785. The second-order valence-corrected chi connectivity index (χ2v) is 4.64. The van der Waals surface area contributed by atoms with E-state index in [1.807, 2.05) is 18.2 Å². The smallest absolute Gasteiger partial charge is 0.325 e. The van der Waals surface area contributed by atoms with Crippen LogP contribution in [0, 0.1) is 0 Å². The first-order valence-electron chi connectivity index (χ1n) is 6.34. The number of hydrogen-bond acceptors (Lipinski definition) is 2. The maximum Gasteiger partial charge on any atom is 0.416 e. The average molecular weight is 291 g/mol. The molecule has 2 aromatic heterocycles. The summed E-state index contributed by atoms with van der Waals surface area (Å²) in [6.07, 6.45) is -2.76. The molecule has 0 aliphatic heterocycles. The predicted octanol–water partition coefficient (Wildman–Crippen LogP) is 3.48. The average Bonchev–Trinajstić information content (AvgIpc) is 2.90. The highest BCUT2D eigenvalue weighted by atomic mass is 19.4. The Labute approximate surface area is 118 Å². The highest BCUT2D eigenvalue weighted by Gasteiger charge is 2.30. The number of fused-ring (bicyclic) bond motifs is 1. The zero-order chi connectivity index (χ0) is 15.0. The molecule has 0 radical (unpaired) electrons. The highest BCUT2D eigenvalue weighted by Crippen LogP contribution is 2.32. The van der Waals surface area contributed by atoms with E-state index < -0.39 is 11.7 Å². The molecule has 3 aromatic rings. The predicted molar refractivity (Wildman–Crippen MR) is 73.5 cm³/mol. The van der Waals surface area contributed by atoms with Gasteiger partial charge in [0.1, 0.15) is 5.82 Å². The zero-order valence-corrected chi connectivity index (χ0v) is 10.9. The molecule has 2 heterocycles. The van der Waals surface area contributed by atoms with Crippen molar-refractivity contribution in [2.24, 2.45) is 5.73 Å². The molecule has 0 aliphatic carbocycles. The van der Waals surface area contributed by atoms with Gasteiger partial charge >= 0.3 is 6.18 Å². The third-order valence-electron chi connectivity index (χ3n) is 3.29. The lowest BCUT2D eigenvalue weighted by atomic mass is 10.1. The molecule has 6 heteroatoms. The molecule has 3 nitrogen and oxygen atoms in total. The van der Waals surface area contributed by atoms with Gasteiger partial charge in [0.05, 0.1) is 17.3 Å². The summed E-state index contributed by atoms with van der Waals surface area (Å²) in [6, 6.07) is 10.6. The highest BCUT2D eigenvalue weighted by molar-refractivity contribution is 5.64. The largest absolute Gasteiger partial charge is 0.416 e. The number of nitrogens with two attached hydrogens (primary N) is 1. The molecular formula is C15H12F3N3. The summed E-state index contributed by atoms with van der Waals surface area (Å²) in [7, 11) is 0. The number of alkyl halides is 3. The van der Waals surface area contributed by atoms with Crippen LogP contribution in [-0.4, -0.2) is 9.38 Å². The first kappa shape index (κ1) is 13.6. The molecule has 0 unspecified atom stereocenters. The van der Waals surface area contributed by atoms with E-state index in [9.17, 15) is 13.2 Å². The number of aromatic nitrogens is 2. The molecule has 3 rings (SSSR count). The van der Waals surface area contributed by atoms with Gasteiger partial charge in [0.2, 0.25) is 0 Å². The van der Waals surface area contributed by atoms with Crippen molar-refractivity contribution < 1.29 is 13.2 Å². The van der Waals surface area contributed by atoms with Gasteiger partial charge in [-0.3, -0.25) is 4.40 Å². The molecule has 0 spiro atoms. The van der Waals surface area contributed by atoms with Crippen molar-refractivity contribution >= 4 is 5.52 Å². The van der Waals surface area contributed by atoms with Crippen LogP contribution in [0.15, 0.2) is 48.7 Å². The van der Waals surface area contributed by atoms with Gasteiger partial charge in [0.15, 0.2) is 0 Å². The van der Waals surface area contributed by atoms with E-state index in [0.29, 0.717) is 11.4 Å². The number of rotatable bonds is 2. The topological polar surface area (TPSA) is 43.3 Å². The Morgan fingerprint density at radius 2 is 1.86 bits per heavy atom. The van der Waals surface area contributed by atoms with Gasteiger partial charge in [0.25, 0.3) is 0 Å². The second-order valence-electron chi connectivity index (χ2n) is 4.64. The summed E-state index contributed by atoms with van der Waals surface area (Å²) in [5.41, 5.74) is 6.99. The van der Waals surface area contributed by atoms with Gasteiger partial charge in [-0.2, -0.15) is 13.2 Å². The van der Waals surface area contributed by atoms with Crippen LogP contribution in [0.5, 0.6) is 0 Å². The van der Waals surface area contributed by atoms with Crippen LogP contribution in [0.1, 0.15) is 11.3 Å². The minimum absolute atomic E-state index is 0.277. The Morgan fingerprint density at radius 1 is 1.10 bits per heavy atom. The van der Waals surface area contributed by atoms with Crippen molar-refractivity contribution in [1.82, 2.24) is 9.38 Å². The van der Waals surface area contributed by atoms with E-state index in [-0.39, 0.29) is 6.54 Å². The lowest BCUT2D eigenvalue weighted by Crippen LogP contribution is -2.06. The number of halogens is 3. The summed E-state index contributed by atoms with van der Waals surface area (Å²) < 4.78 is 40.2. The monoisotopic (exact) mass is 291 g/mol. The van der Waals surface area contributed by atoms with E-state index in [1.54, 1.807) is 16.7 Å². The first-order valence-corrected chi connectivity index (χ1v) is 6.34. The molecule has 0 amide bonds. The third-order valence-corrected chi connectivity index (χ3v) is 3.29. The standard InChI is InChI=1S/C15H12F3N3/c16-15(17,18)11-4-1-3-10(7-11)14-20-9-13-6-2-5-12(8-19)21(13)14/h1-7,9H,8,19H2. The molecule has 0 saturated heterocycles. The molecule has 0 atom stereocenters. The Balaban J connectivity index is 2.22. The van der Waals surface area contributed by atoms with Gasteiger partial charge in [-0.25, -0.2) is 4.98 Å². The van der Waals surface area contributed by atoms with Crippen LogP contribution in [0.4, 0.5) is 13.2 Å². The number of hydrogen-bond donors (Lipinski definition) is 1. The van der Waals surface area contributed by atoms with Crippen LogP contribution in [-0.2, 0) is 12.7 Å². The molecule has 1 aromatic carbocycles. The molecule has 0 aliphatic rings. The van der Waals surface area contributed by atoms with E-state index in [4.69, 9.17) is 5.73 Å². The van der Waals surface area contributed by atoms with E-state index in [0.717, 1.165) is 23.3 Å². The number of imidazole rings is 1. The summed E-state index contributed by atoms with van der Waals surface area (Å²) in [5, 5.41) is 0. The Hall–Kier alpha value is -2.34. The minimum atomic E-state index is -4.38. The molecule has 108 valence electrons. The van der Waals surface area contributed by atoms with Crippen molar-refractivity contribution in [3.63, 3.8) is 0 Å². The first-order chi connectivity index (χ1) is 10.0. The minimum Gasteiger partial charge on any atom is -0.325 e.